The number of fused-ring (bicyclic) bond motifs is 1. The highest BCUT2D eigenvalue weighted by Crippen LogP contribution is 2.33. The van der Waals surface area contributed by atoms with Crippen molar-refractivity contribution in [2.45, 2.75) is 18.9 Å². The molecule has 4 aromatic rings. The average Bonchev–Trinajstić information content (AvgIpc) is 3.39. The minimum atomic E-state index is -0.579. The molecule has 0 amide bonds. The van der Waals surface area contributed by atoms with Gasteiger partial charge in [0.1, 0.15) is 12.2 Å². The maximum absolute atomic E-state index is 14.6. The van der Waals surface area contributed by atoms with E-state index in [1.807, 2.05) is 0 Å². The Hall–Kier alpha value is -4.16. The van der Waals surface area contributed by atoms with E-state index in [4.69, 9.17) is 16.3 Å². The summed E-state index contributed by atoms with van der Waals surface area (Å²) in [5.41, 5.74) is 1.96. The monoisotopic (exact) mass is 442 g/mol. The average molecular weight is 442 g/mol. The van der Waals surface area contributed by atoms with Gasteiger partial charge in [0, 0.05) is 29.6 Å². The lowest BCUT2D eigenvalue weighted by Crippen LogP contribution is -2.29. The van der Waals surface area contributed by atoms with Crippen molar-refractivity contribution in [2.24, 2.45) is 0 Å². The van der Waals surface area contributed by atoms with Crippen molar-refractivity contribution < 1.29 is 9.13 Å². The molecule has 0 aliphatic carbocycles. The van der Waals surface area contributed by atoms with E-state index in [0.717, 1.165) is 19.4 Å². The van der Waals surface area contributed by atoms with E-state index >= 15 is 0 Å². The molecule has 0 unspecified atom stereocenters. The zero-order valence-electron chi connectivity index (χ0n) is 17.7. The SMILES string of the molecule is [C-]#[N+]c1cc(-c2cncnc2)c2nc([C@H]3CCCN3)n(-c3ccc(OC)c(F)c3)c(=O)c2c1. The van der Waals surface area contributed by atoms with Gasteiger partial charge >= 0.3 is 0 Å². The number of aromatic nitrogens is 4. The predicted molar refractivity (Wildman–Crippen MR) is 121 cm³/mol. The smallest absolute Gasteiger partial charge is 0.264 e. The van der Waals surface area contributed by atoms with Gasteiger partial charge in [-0.05, 0) is 43.7 Å². The third kappa shape index (κ3) is 3.60. The van der Waals surface area contributed by atoms with Crippen LogP contribution in [0.3, 0.4) is 0 Å². The van der Waals surface area contributed by atoms with Gasteiger partial charge in [0.2, 0.25) is 0 Å². The normalized spacial score (nSPS) is 15.5. The van der Waals surface area contributed by atoms with Crippen LogP contribution in [0.1, 0.15) is 24.7 Å². The largest absolute Gasteiger partial charge is 0.494 e. The number of benzene rings is 2. The van der Waals surface area contributed by atoms with Gasteiger partial charge in [0.25, 0.3) is 5.56 Å². The first-order valence-corrected chi connectivity index (χ1v) is 10.4. The van der Waals surface area contributed by atoms with Gasteiger partial charge in [-0.2, -0.15) is 0 Å². The van der Waals surface area contributed by atoms with E-state index in [2.05, 4.69) is 20.1 Å². The molecule has 0 radical (unpaired) electrons. The Labute approximate surface area is 188 Å². The zero-order chi connectivity index (χ0) is 22.9. The summed E-state index contributed by atoms with van der Waals surface area (Å²) < 4.78 is 21.0. The first-order valence-electron chi connectivity index (χ1n) is 10.4. The van der Waals surface area contributed by atoms with Gasteiger partial charge in [0.15, 0.2) is 17.3 Å². The van der Waals surface area contributed by atoms with Gasteiger partial charge in [-0.3, -0.25) is 9.36 Å². The third-order valence-electron chi connectivity index (χ3n) is 5.75. The predicted octanol–water partition coefficient (Wildman–Crippen LogP) is 3.97. The fourth-order valence-electron chi connectivity index (χ4n) is 4.20. The number of nitrogens with zero attached hydrogens (tertiary/aromatic N) is 5. The van der Waals surface area contributed by atoms with E-state index in [1.165, 1.54) is 36.2 Å². The first kappa shape index (κ1) is 20.7. The molecule has 8 nitrogen and oxygen atoms in total. The van der Waals surface area contributed by atoms with E-state index < -0.39 is 5.82 Å². The molecular formula is C24H19FN6O2. The van der Waals surface area contributed by atoms with Crippen LogP contribution in [0.25, 0.3) is 32.6 Å². The molecule has 0 spiro atoms. The molecule has 0 saturated carbocycles. The van der Waals surface area contributed by atoms with Crippen molar-refractivity contribution in [1.82, 2.24) is 24.8 Å². The molecular weight excluding hydrogens is 423 g/mol. The summed E-state index contributed by atoms with van der Waals surface area (Å²) in [5.74, 6) is -0.00432. The van der Waals surface area contributed by atoms with Crippen LogP contribution >= 0.6 is 0 Å². The number of halogens is 1. The number of ether oxygens (including phenoxy) is 1. The van der Waals surface area contributed by atoms with Crippen LogP contribution in [-0.4, -0.2) is 33.2 Å². The molecule has 1 aliphatic rings. The lowest BCUT2D eigenvalue weighted by Gasteiger charge is -2.20. The molecule has 0 bridgehead atoms. The molecule has 5 rings (SSSR count). The van der Waals surface area contributed by atoms with Crippen molar-refractivity contribution in [3.05, 3.63) is 82.5 Å². The van der Waals surface area contributed by atoms with Gasteiger partial charge in [-0.1, -0.05) is 0 Å². The first-order chi connectivity index (χ1) is 16.1. The van der Waals surface area contributed by atoms with Gasteiger partial charge in [0.05, 0.1) is 36.3 Å². The number of methoxy groups -OCH3 is 1. The molecule has 2 aromatic heterocycles. The topological polar surface area (TPSA) is 86.3 Å². The van der Waals surface area contributed by atoms with E-state index in [-0.39, 0.29) is 22.7 Å². The molecule has 1 N–H and O–H groups in total. The van der Waals surface area contributed by atoms with Crippen LogP contribution in [0.4, 0.5) is 10.1 Å². The number of hydrogen-bond acceptors (Lipinski definition) is 6. The molecule has 9 heteroatoms. The highest BCUT2D eigenvalue weighted by Gasteiger charge is 2.25. The van der Waals surface area contributed by atoms with Crippen molar-refractivity contribution in [1.29, 1.82) is 0 Å². The Balaban J connectivity index is 1.86. The maximum atomic E-state index is 14.6. The number of rotatable bonds is 4. The number of hydrogen-bond donors (Lipinski definition) is 1. The Morgan fingerprint density at radius 3 is 2.73 bits per heavy atom. The Kier molecular flexibility index (Phi) is 5.28. The Morgan fingerprint density at radius 1 is 1.24 bits per heavy atom. The van der Waals surface area contributed by atoms with Crippen molar-refractivity contribution >= 4 is 16.6 Å². The fourth-order valence-corrected chi connectivity index (χ4v) is 4.20. The van der Waals surface area contributed by atoms with Crippen molar-refractivity contribution in [3.8, 4) is 22.6 Å². The van der Waals surface area contributed by atoms with Crippen LogP contribution in [0, 0.1) is 12.4 Å². The third-order valence-corrected chi connectivity index (χ3v) is 5.75. The van der Waals surface area contributed by atoms with Crippen LogP contribution in [0.5, 0.6) is 5.75 Å². The maximum Gasteiger partial charge on any atom is 0.264 e. The summed E-state index contributed by atoms with van der Waals surface area (Å²) in [6.07, 6.45) is 6.38. The summed E-state index contributed by atoms with van der Waals surface area (Å²) in [5, 5.41) is 3.64. The van der Waals surface area contributed by atoms with Crippen molar-refractivity contribution in [3.63, 3.8) is 0 Å². The van der Waals surface area contributed by atoms with Crippen LogP contribution in [0.2, 0.25) is 0 Å². The van der Waals surface area contributed by atoms with Gasteiger partial charge < -0.3 is 10.1 Å². The lowest BCUT2D eigenvalue weighted by molar-refractivity contribution is 0.386. The molecule has 1 saturated heterocycles. The fraction of sp³-hybridized carbons (Fsp3) is 0.208. The molecule has 1 aliphatic heterocycles. The summed E-state index contributed by atoms with van der Waals surface area (Å²) >= 11 is 0. The molecule has 164 valence electrons. The molecule has 3 heterocycles. The van der Waals surface area contributed by atoms with Crippen molar-refractivity contribution in [2.75, 3.05) is 13.7 Å². The zero-order valence-corrected chi connectivity index (χ0v) is 17.7. The second-order valence-electron chi connectivity index (χ2n) is 7.71. The van der Waals surface area contributed by atoms with Crippen LogP contribution < -0.4 is 15.6 Å². The van der Waals surface area contributed by atoms with E-state index in [1.54, 1.807) is 24.5 Å². The van der Waals surface area contributed by atoms with E-state index in [9.17, 15) is 9.18 Å². The standard InChI is InChI=1S/C24H19FN6O2/c1-26-15-8-17(14-11-27-13-28-12-14)22-18(9-15)24(32)31(23(30-22)20-4-3-7-29-20)16-5-6-21(33-2)19(25)10-16/h5-6,8-13,20,29H,3-4,7H2,2H3/t20-/m1/s1. The van der Waals surface area contributed by atoms with Gasteiger partial charge in [-0.25, -0.2) is 24.2 Å². The Morgan fingerprint density at radius 2 is 2.06 bits per heavy atom. The van der Waals surface area contributed by atoms with E-state index in [0.29, 0.717) is 33.8 Å². The van der Waals surface area contributed by atoms with Gasteiger partial charge in [-0.15, -0.1) is 0 Å². The minimum Gasteiger partial charge on any atom is -0.494 e. The summed E-state index contributed by atoms with van der Waals surface area (Å²) in [7, 11) is 1.39. The Bertz CT molecular complexity index is 1460. The number of nitrogens with one attached hydrogen (secondary N) is 1. The second kappa shape index (κ2) is 8.41. The lowest BCUT2D eigenvalue weighted by atomic mass is 10.0. The quantitative estimate of drug-likeness (QED) is 0.482. The molecule has 1 atom stereocenters. The molecule has 33 heavy (non-hydrogen) atoms. The summed E-state index contributed by atoms with van der Waals surface area (Å²) in [6.45, 7) is 8.31. The minimum absolute atomic E-state index is 0.0859. The second-order valence-corrected chi connectivity index (χ2v) is 7.71. The van der Waals surface area contributed by atoms with Crippen LogP contribution in [-0.2, 0) is 0 Å². The molecule has 1 fully saturated rings. The highest BCUT2D eigenvalue weighted by molar-refractivity contribution is 5.96. The summed E-state index contributed by atoms with van der Waals surface area (Å²) in [4.78, 5) is 30.4. The van der Waals surface area contributed by atoms with Crippen LogP contribution in [0.15, 0.2) is 53.8 Å². The molecule has 2 aromatic carbocycles. The highest BCUT2D eigenvalue weighted by atomic mass is 19.1. The summed E-state index contributed by atoms with van der Waals surface area (Å²) in [6, 6.07) is 7.40.